The molecule has 2 aliphatic heterocycles. The van der Waals surface area contributed by atoms with Crippen molar-refractivity contribution in [3.05, 3.63) is 94.0 Å². The van der Waals surface area contributed by atoms with Crippen LogP contribution in [-0.2, 0) is 13.1 Å². The summed E-state index contributed by atoms with van der Waals surface area (Å²) in [4.78, 5) is 19.0. The molecule has 0 unspecified atom stereocenters. The summed E-state index contributed by atoms with van der Waals surface area (Å²) in [5.74, 6) is 1.52. The van der Waals surface area contributed by atoms with Gasteiger partial charge in [0.1, 0.15) is 18.2 Å². The third-order valence-corrected chi connectivity index (χ3v) is 5.24. The molecule has 1 aromatic heterocycles. The van der Waals surface area contributed by atoms with Gasteiger partial charge in [0.2, 0.25) is 5.78 Å². The lowest BCUT2D eigenvalue weighted by atomic mass is 10.0. The Balaban J connectivity index is 1.42. The van der Waals surface area contributed by atoms with E-state index in [1.54, 1.807) is 24.5 Å². The van der Waals surface area contributed by atoms with Gasteiger partial charge in [-0.2, -0.15) is 0 Å². The normalized spacial score (nSPS) is 16.9. The number of ether oxygens (including phenoxy) is 2. The molecule has 0 fully saturated rings. The van der Waals surface area contributed by atoms with Gasteiger partial charge in [-0.3, -0.25) is 14.7 Å². The Morgan fingerprint density at radius 3 is 2.79 bits per heavy atom. The van der Waals surface area contributed by atoms with Crippen LogP contribution in [0.4, 0.5) is 0 Å². The third-order valence-electron chi connectivity index (χ3n) is 4.98. The lowest BCUT2D eigenvalue weighted by molar-refractivity contribution is 0.0873. The van der Waals surface area contributed by atoms with Crippen molar-refractivity contribution in [1.29, 1.82) is 0 Å². The zero-order chi connectivity index (χ0) is 19.8. The van der Waals surface area contributed by atoms with Crippen LogP contribution in [0, 0.1) is 0 Å². The maximum Gasteiger partial charge on any atom is 0.231 e. The first-order chi connectivity index (χ1) is 14.2. The third kappa shape index (κ3) is 3.50. The number of ketones is 1. The van der Waals surface area contributed by atoms with E-state index in [4.69, 9.17) is 21.1 Å². The summed E-state index contributed by atoms with van der Waals surface area (Å²) in [5, 5.41) is 0.714. The number of hydrogen-bond acceptors (Lipinski definition) is 5. The van der Waals surface area contributed by atoms with Gasteiger partial charge in [-0.25, -0.2) is 0 Å². The summed E-state index contributed by atoms with van der Waals surface area (Å²) >= 11 is 5.97. The van der Waals surface area contributed by atoms with Gasteiger partial charge in [-0.15, -0.1) is 0 Å². The van der Waals surface area contributed by atoms with Crippen LogP contribution >= 0.6 is 11.6 Å². The van der Waals surface area contributed by atoms with E-state index in [0.29, 0.717) is 41.9 Å². The van der Waals surface area contributed by atoms with Gasteiger partial charge in [-0.05, 0) is 47.5 Å². The number of carbonyl (C=O) groups is 1. The summed E-state index contributed by atoms with van der Waals surface area (Å²) in [6, 6.07) is 15.1. The quantitative estimate of drug-likeness (QED) is 0.592. The largest absolute Gasteiger partial charge is 0.478 e. The van der Waals surface area contributed by atoms with Crippen molar-refractivity contribution in [3.8, 4) is 11.5 Å². The van der Waals surface area contributed by atoms with Crippen molar-refractivity contribution in [2.75, 3.05) is 6.73 Å². The summed E-state index contributed by atoms with van der Waals surface area (Å²) in [6.45, 7) is 1.82. The molecule has 0 N–H and O–H groups in total. The average molecular weight is 405 g/mol. The molecule has 0 aliphatic carbocycles. The molecule has 3 heterocycles. The van der Waals surface area contributed by atoms with Crippen LogP contribution < -0.4 is 9.47 Å². The molecule has 0 spiro atoms. The van der Waals surface area contributed by atoms with E-state index in [1.165, 1.54) is 0 Å². The number of fused-ring (bicyclic) bond motifs is 3. The molecule has 5 rings (SSSR count). The molecule has 5 nitrogen and oxygen atoms in total. The molecular formula is C23H17ClN2O3. The minimum atomic E-state index is -0.124. The number of Topliss-reactive ketones (excluding diaryl/α,β-unsaturated/α-hetero) is 1. The van der Waals surface area contributed by atoms with Gasteiger partial charge in [-0.1, -0.05) is 29.8 Å². The Hall–Kier alpha value is -3.15. The predicted molar refractivity (Wildman–Crippen MR) is 110 cm³/mol. The number of hydrogen-bond donors (Lipinski definition) is 0. The van der Waals surface area contributed by atoms with Crippen LogP contribution in [0.15, 0.2) is 66.7 Å². The number of nitrogens with zero attached hydrogens (tertiary/aromatic N) is 2. The molecule has 144 valence electrons. The molecule has 0 saturated carbocycles. The molecule has 3 aromatic rings. The van der Waals surface area contributed by atoms with Crippen LogP contribution in [0.3, 0.4) is 0 Å². The summed E-state index contributed by atoms with van der Waals surface area (Å²) < 4.78 is 11.9. The molecule has 0 amide bonds. The fourth-order valence-electron chi connectivity index (χ4n) is 3.57. The van der Waals surface area contributed by atoms with Crippen LogP contribution in [0.5, 0.6) is 11.5 Å². The van der Waals surface area contributed by atoms with Gasteiger partial charge in [0.15, 0.2) is 5.76 Å². The van der Waals surface area contributed by atoms with Crippen molar-refractivity contribution < 1.29 is 14.3 Å². The maximum atomic E-state index is 12.8. The van der Waals surface area contributed by atoms with Gasteiger partial charge in [0, 0.05) is 30.5 Å². The summed E-state index contributed by atoms with van der Waals surface area (Å²) in [7, 11) is 0. The number of carbonyl (C=O) groups excluding carboxylic acids is 1. The number of pyridine rings is 1. The van der Waals surface area contributed by atoms with E-state index >= 15 is 0 Å². The molecule has 0 radical (unpaired) electrons. The molecule has 0 atom stereocenters. The zero-order valence-electron chi connectivity index (χ0n) is 15.5. The van der Waals surface area contributed by atoms with E-state index in [2.05, 4.69) is 9.88 Å². The average Bonchev–Trinajstić information content (AvgIpc) is 3.06. The first-order valence-electron chi connectivity index (χ1n) is 9.27. The topological polar surface area (TPSA) is 51.7 Å². The second-order valence-corrected chi connectivity index (χ2v) is 7.47. The van der Waals surface area contributed by atoms with E-state index < -0.39 is 0 Å². The van der Waals surface area contributed by atoms with Gasteiger partial charge in [0.25, 0.3) is 0 Å². The van der Waals surface area contributed by atoms with Crippen LogP contribution in [-0.4, -0.2) is 22.4 Å². The minimum Gasteiger partial charge on any atom is -0.478 e. The van der Waals surface area contributed by atoms with E-state index in [1.807, 2.05) is 42.5 Å². The SMILES string of the molecule is O=C1/C(=C/c2cccnc2)Oc2c1ccc1c2CN(Cc2ccc(Cl)cc2)CO1. The minimum absolute atomic E-state index is 0.124. The fraction of sp³-hybridized carbons (Fsp3) is 0.130. The van der Waals surface area contributed by atoms with Crippen molar-refractivity contribution in [3.63, 3.8) is 0 Å². The van der Waals surface area contributed by atoms with E-state index in [9.17, 15) is 4.79 Å². The smallest absolute Gasteiger partial charge is 0.231 e. The molecule has 29 heavy (non-hydrogen) atoms. The standard InChI is InChI=1S/C23H17ClN2O3/c24-17-5-3-15(4-6-17)12-26-13-19-20(28-14-26)8-7-18-22(27)21(29-23(18)19)10-16-2-1-9-25-11-16/h1-11H,12-14H2/b21-10-. The number of rotatable bonds is 3. The van der Waals surface area contributed by atoms with Crippen LogP contribution in [0.1, 0.15) is 27.0 Å². The van der Waals surface area contributed by atoms with Gasteiger partial charge in [0.05, 0.1) is 11.1 Å². The Bertz CT molecular complexity index is 1110. The Kier molecular flexibility index (Phi) is 4.54. The second kappa shape index (κ2) is 7.35. The highest BCUT2D eigenvalue weighted by atomic mass is 35.5. The molecule has 6 heteroatoms. The second-order valence-electron chi connectivity index (χ2n) is 7.03. The molecule has 2 aliphatic rings. The Morgan fingerprint density at radius 2 is 2.00 bits per heavy atom. The number of benzene rings is 2. The van der Waals surface area contributed by atoms with Gasteiger partial charge < -0.3 is 9.47 Å². The molecular weight excluding hydrogens is 388 g/mol. The number of allylic oxidation sites excluding steroid dienone is 1. The van der Waals surface area contributed by atoms with Crippen molar-refractivity contribution in [2.24, 2.45) is 0 Å². The molecule has 0 bridgehead atoms. The van der Waals surface area contributed by atoms with Crippen molar-refractivity contribution in [2.45, 2.75) is 13.1 Å². The highest BCUT2D eigenvalue weighted by Crippen LogP contribution is 2.42. The molecule has 2 aromatic carbocycles. The predicted octanol–water partition coefficient (Wildman–Crippen LogP) is 4.70. The first-order valence-corrected chi connectivity index (χ1v) is 9.65. The maximum absolute atomic E-state index is 12.8. The number of aromatic nitrogens is 1. The monoisotopic (exact) mass is 404 g/mol. The Morgan fingerprint density at radius 1 is 1.14 bits per heavy atom. The molecule has 0 saturated heterocycles. The number of halogens is 1. The van der Waals surface area contributed by atoms with Crippen LogP contribution in [0.2, 0.25) is 5.02 Å². The van der Waals surface area contributed by atoms with E-state index in [0.717, 1.165) is 22.4 Å². The van der Waals surface area contributed by atoms with Crippen molar-refractivity contribution in [1.82, 2.24) is 9.88 Å². The lowest BCUT2D eigenvalue weighted by Gasteiger charge is -2.29. The van der Waals surface area contributed by atoms with E-state index in [-0.39, 0.29) is 5.78 Å². The summed E-state index contributed by atoms with van der Waals surface area (Å²) in [6.07, 6.45) is 5.10. The van der Waals surface area contributed by atoms with Crippen LogP contribution in [0.25, 0.3) is 6.08 Å². The highest BCUT2D eigenvalue weighted by molar-refractivity contribution is 6.30. The van der Waals surface area contributed by atoms with Gasteiger partial charge >= 0.3 is 0 Å². The summed E-state index contributed by atoms with van der Waals surface area (Å²) in [5.41, 5.74) is 3.42. The zero-order valence-corrected chi connectivity index (χ0v) is 16.2. The van der Waals surface area contributed by atoms with Crippen molar-refractivity contribution >= 4 is 23.5 Å². The first kappa shape index (κ1) is 17.9. The highest BCUT2D eigenvalue weighted by Gasteiger charge is 2.33. The fourth-order valence-corrected chi connectivity index (χ4v) is 3.69. The lowest BCUT2D eigenvalue weighted by Crippen LogP contribution is -2.31. The Labute approximate surface area is 173 Å².